The fourth-order valence-electron chi connectivity index (χ4n) is 2.32. The molecule has 5 nitrogen and oxygen atoms in total. The molecule has 128 valence electrons. The van der Waals surface area contributed by atoms with Crippen LogP contribution in [0.2, 0.25) is 5.02 Å². The Morgan fingerprint density at radius 3 is 2.04 bits per heavy atom. The van der Waals surface area contributed by atoms with Gasteiger partial charge in [-0.2, -0.15) is 0 Å². The summed E-state index contributed by atoms with van der Waals surface area (Å²) in [6, 6.07) is 10.4. The minimum atomic E-state index is -0.268. The first-order valence-corrected chi connectivity index (χ1v) is 7.74. The van der Waals surface area contributed by atoms with Gasteiger partial charge in [0.05, 0.1) is 32.9 Å². The third kappa shape index (κ3) is 3.92. The van der Waals surface area contributed by atoms with Crippen molar-refractivity contribution < 1.29 is 19.0 Å². The number of carbonyl (C=O) groups is 1. The first-order valence-electron chi connectivity index (χ1n) is 7.36. The second-order valence-corrected chi connectivity index (χ2v) is 5.59. The Hall–Kier alpha value is -2.40. The SMILES string of the molecule is COc1cc(OC)c(C(=O)NC(C)c2ccc(Cl)cc2)cc1OC. The molecular weight excluding hydrogens is 330 g/mol. The number of hydrogen-bond acceptors (Lipinski definition) is 4. The van der Waals surface area contributed by atoms with Crippen LogP contribution in [-0.2, 0) is 0 Å². The van der Waals surface area contributed by atoms with Gasteiger partial charge in [-0.1, -0.05) is 23.7 Å². The van der Waals surface area contributed by atoms with Gasteiger partial charge in [-0.25, -0.2) is 0 Å². The third-order valence-corrected chi connectivity index (χ3v) is 3.92. The van der Waals surface area contributed by atoms with E-state index in [1.54, 1.807) is 24.3 Å². The lowest BCUT2D eigenvalue weighted by Crippen LogP contribution is -2.27. The lowest BCUT2D eigenvalue weighted by molar-refractivity contribution is 0.0936. The van der Waals surface area contributed by atoms with Gasteiger partial charge in [-0.15, -0.1) is 0 Å². The van der Waals surface area contributed by atoms with Gasteiger partial charge in [-0.3, -0.25) is 4.79 Å². The van der Waals surface area contributed by atoms with Crippen LogP contribution in [0.1, 0.15) is 28.9 Å². The minimum absolute atomic E-state index is 0.187. The summed E-state index contributed by atoms with van der Waals surface area (Å²) in [6.07, 6.45) is 0. The van der Waals surface area contributed by atoms with Crippen LogP contribution in [0.25, 0.3) is 0 Å². The number of rotatable bonds is 6. The Bertz CT molecular complexity index is 716. The molecule has 2 aromatic rings. The highest BCUT2D eigenvalue weighted by atomic mass is 35.5. The number of halogens is 1. The van der Waals surface area contributed by atoms with Crippen LogP contribution in [-0.4, -0.2) is 27.2 Å². The van der Waals surface area contributed by atoms with Crippen LogP contribution in [0.4, 0.5) is 0 Å². The van der Waals surface area contributed by atoms with Crippen molar-refractivity contribution in [3.05, 3.63) is 52.5 Å². The molecule has 1 atom stereocenters. The number of amides is 1. The van der Waals surface area contributed by atoms with Gasteiger partial charge in [-0.05, 0) is 24.6 Å². The molecule has 0 radical (unpaired) electrons. The molecule has 0 bridgehead atoms. The average molecular weight is 350 g/mol. The molecule has 0 saturated carbocycles. The molecule has 0 fully saturated rings. The molecule has 0 aromatic heterocycles. The van der Waals surface area contributed by atoms with Crippen molar-refractivity contribution in [2.45, 2.75) is 13.0 Å². The summed E-state index contributed by atoms with van der Waals surface area (Å²) < 4.78 is 15.8. The number of nitrogens with one attached hydrogen (secondary N) is 1. The van der Waals surface area contributed by atoms with E-state index in [1.165, 1.54) is 21.3 Å². The summed E-state index contributed by atoms with van der Waals surface area (Å²) in [6.45, 7) is 1.90. The lowest BCUT2D eigenvalue weighted by atomic mass is 10.1. The smallest absolute Gasteiger partial charge is 0.255 e. The first kappa shape index (κ1) is 17.9. The Labute approximate surface area is 146 Å². The normalized spacial score (nSPS) is 11.5. The molecule has 1 amide bonds. The Morgan fingerprint density at radius 1 is 0.958 bits per heavy atom. The summed E-state index contributed by atoms with van der Waals surface area (Å²) >= 11 is 5.89. The molecule has 2 aromatic carbocycles. The predicted molar refractivity (Wildman–Crippen MR) is 93.4 cm³/mol. The maximum absolute atomic E-state index is 12.6. The van der Waals surface area contributed by atoms with Crippen molar-refractivity contribution >= 4 is 17.5 Å². The molecule has 0 aliphatic carbocycles. The number of methoxy groups -OCH3 is 3. The van der Waals surface area contributed by atoms with Gasteiger partial charge in [0, 0.05) is 17.2 Å². The lowest BCUT2D eigenvalue weighted by Gasteiger charge is -2.17. The molecule has 1 N–H and O–H groups in total. The van der Waals surface area contributed by atoms with Crippen LogP contribution >= 0.6 is 11.6 Å². The maximum atomic E-state index is 12.6. The van der Waals surface area contributed by atoms with E-state index < -0.39 is 0 Å². The molecule has 0 spiro atoms. The Kier molecular flexibility index (Phi) is 5.93. The molecule has 24 heavy (non-hydrogen) atoms. The van der Waals surface area contributed by atoms with Crippen LogP contribution in [0.3, 0.4) is 0 Å². The van der Waals surface area contributed by atoms with E-state index in [-0.39, 0.29) is 11.9 Å². The number of hydrogen-bond donors (Lipinski definition) is 1. The van der Waals surface area contributed by atoms with Crippen molar-refractivity contribution in [1.82, 2.24) is 5.32 Å². The van der Waals surface area contributed by atoms with Crippen LogP contribution in [0, 0.1) is 0 Å². The molecule has 2 rings (SSSR count). The molecule has 0 aliphatic heterocycles. The first-order chi connectivity index (χ1) is 11.5. The van der Waals surface area contributed by atoms with E-state index >= 15 is 0 Å². The molecular formula is C18H20ClNO4. The summed E-state index contributed by atoms with van der Waals surface area (Å²) in [5.41, 5.74) is 1.32. The molecule has 1 unspecified atom stereocenters. The molecule has 0 aliphatic rings. The second kappa shape index (κ2) is 7.93. The summed E-state index contributed by atoms with van der Waals surface area (Å²) in [4.78, 5) is 12.6. The quantitative estimate of drug-likeness (QED) is 0.860. The van der Waals surface area contributed by atoms with Crippen molar-refractivity contribution in [2.75, 3.05) is 21.3 Å². The largest absolute Gasteiger partial charge is 0.496 e. The van der Waals surface area contributed by atoms with Crippen molar-refractivity contribution in [3.63, 3.8) is 0 Å². The zero-order valence-electron chi connectivity index (χ0n) is 14.1. The van der Waals surface area contributed by atoms with E-state index in [9.17, 15) is 4.79 Å². The van der Waals surface area contributed by atoms with Crippen LogP contribution < -0.4 is 19.5 Å². The highest BCUT2D eigenvalue weighted by Gasteiger charge is 2.19. The topological polar surface area (TPSA) is 56.8 Å². The average Bonchev–Trinajstić information content (AvgIpc) is 2.60. The Morgan fingerprint density at radius 2 is 1.50 bits per heavy atom. The molecule has 0 heterocycles. The molecule has 0 saturated heterocycles. The third-order valence-electron chi connectivity index (χ3n) is 3.67. The van der Waals surface area contributed by atoms with E-state index in [4.69, 9.17) is 25.8 Å². The highest BCUT2D eigenvalue weighted by molar-refractivity contribution is 6.30. The summed E-state index contributed by atoms with van der Waals surface area (Å²) in [5.74, 6) is 1.10. The van der Waals surface area contributed by atoms with Gasteiger partial charge >= 0.3 is 0 Å². The minimum Gasteiger partial charge on any atom is -0.496 e. The van der Waals surface area contributed by atoms with Gasteiger partial charge in [0.1, 0.15) is 5.75 Å². The number of carbonyl (C=O) groups excluding carboxylic acids is 1. The Balaban J connectivity index is 2.26. The van der Waals surface area contributed by atoms with Gasteiger partial charge in [0.25, 0.3) is 5.91 Å². The monoisotopic (exact) mass is 349 g/mol. The van der Waals surface area contributed by atoms with Crippen molar-refractivity contribution in [1.29, 1.82) is 0 Å². The molecule has 6 heteroatoms. The zero-order chi connectivity index (χ0) is 17.7. The second-order valence-electron chi connectivity index (χ2n) is 5.15. The maximum Gasteiger partial charge on any atom is 0.255 e. The predicted octanol–water partition coefficient (Wildman–Crippen LogP) is 3.86. The van der Waals surface area contributed by atoms with E-state index in [2.05, 4.69) is 5.32 Å². The fourth-order valence-corrected chi connectivity index (χ4v) is 2.44. The summed E-state index contributed by atoms with van der Waals surface area (Å²) in [5, 5.41) is 3.59. The van der Waals surface area contributed by atoms with Gasteiger partial charge in [0.15, 0.2) is 11.5 Å². The van der Waals surface area contributed by atoms with E-state index in [0.717, 1.165) is 5.56 Å². The fraction of sp³-hybridized carbons (Fsp3) is 0.278. The van der Waals surface area contributed by atoms with Crippen molar-refractivity contribution in [2.24, 2.45) is 0 Å². The van der Waals surface area contributed by atoms with Gasteiger partial charge in [0.2, 0.25) is 0 Å². The summed E-state index contributed by atoms with van der Waals surface area (Å²) in [7, 11) is 4.54. The number of ether oxygens (including phenoxy) is 3. The number of benzene rings is 2. The zero-order valence-corrected chi connectivity index (χ0v) is 14.8. The van der Waals surface area contributed by atoms with Crippen LogP contribution in [0.5, 0.6) is 17.2 Å². The highest BCUT2D eigenvalue weighted by Crippen LogP contribution is 2.34. The van der Waals surface area contributed by atoms with Gasteiger partial charge < -0.3 is 19.5 Å². The van der Waals surface area contributed by atoms with Crippen molar-refractivity contribution in [3.8, 4) is 17.2 Å². The van der Waals surface area contributed by atoms with E-state index in [0.29, 0.717) is 27.8 Å². The van der Waals surface area contributed by atoms with E-state index in [1.807, 2.05) is 19.1 Å². The standard InChI is InChI=1S/C18H20ClNO4/c1-11(12-5-7-13(19)8-6-12)20-18(21)14-9-16(23-3)17(24-4)10-15(14)22-2/h5-11H,1-4H3,(H,20,21). The van der Waals surface area contributed by atoms with Crippen LogP contribution in [0.15, 0.2) is 36.4 Å².